The largest absolute Gasteiger partial charge is 0.293 e. The Balaban J connectivity index is 2.14. The van der Waals surface area contributed by atoms with Gasteiger partial charge < -0.3 is 0 Å². The summed E-state index contributed by atoms with van der Waals surface area (Å²) < 4.78 is 25.9. The average molecular weight is 288 g/mol. The topological polar surface area (TPSA) is 17.1 Å². The number of ketones is 1. The maximum Gasteiger partial charge on any atom is 0.176 e. The predicted molar refractivity (Wildman–Crippen MR) is 73.4 cm³/mol. The lowest BCUT2D eigenvalue weighted by atomic mass is 10.1. The first kappa shape index (κ1) is 13.9. The molecule has 0 radical (unpaired) electrons. The molecule has 0 bridgehead atoms. The van der Waals surface area contributed by atoms with Crippen LogP contribution in [0.1, 0.15) is 24.2 Å². The predicted octanol–water partition coefficient (Wildman–Crippen LogP) is 3.77. The lowest BCUT2D eigenvalue weighted by Crippen LogP contribution is -2.31. The lowest BCUT2D eigenvalue weighted by Gasteiger charge is -2.30. The molecule has 1 heterocycles. The van der Waals surface area contributed by atoms with Crippen molar-refractivity contribution in [2.45, 2.75) is 29.6 Å². The van der Waals surface area contributed by atoms with Gasteiger partial charge in [-0.25, -0.2) is 8.78 Å². The highest BCUT2D eigenvalue weighted by Gasteiger charge is 2.31. The maximum absolute atomic E-state index is 13.1. The van der Waals surface area contributed by atoms with E-state index < -0.39 is 11.6 Å². The Morgan fingerprint density at radius 1 is 1.22 bits per heavy atom. The standard InChI is InChI=1S/C13H14F2OS2/c1-7-8(2)18-12(6-17-7)13(16)9-3-4-10(14)11(15)5-9/h3-5,7-8,12H,6H2,1-2H3. The Labute approximate surface area is 114 Å². The van der Waals surface area contributed by atoms with Crippen LogP contribution in [0.5, 0.6) is 0 Å². The molecule has 1 aromatic carbocycles. The van der Waals surface area contributed by atoms with E-state index in [1.54, 1.807) is 23.5 Å². The average Bonchev–Trinajstić information content (AvgIpc) is 2.35. The second kappa shape index (κ2) is 5.61. The summed E-state index contributed by atoms with van der Waals surface area (Å²) in [6, 6.07) is 3.36. The van der Waals surface area contributed by atoms with E-state index in [4.69, 9.17) is 0 Å². The fraction of sp³-hybridized carbons (Fsp3) is 0.462. The van der Waals surface area contributed by atoms with Crippen LogP contribution in [0.2, 0.25) is 0 Å². The Bertz CT molecular complexity index is 464. The number of Topliss-reactive ketones (excluding diaryl/α,β-unsaturated/α-hetero) is 1. The molecule has 0 spiro atoms. The molecular weight excluding hydrogens is 274 g/mol. The first-order valence-corrected chi connectivity index (χ1v) is 7.74. The molecule has 0 amide bonds. The van der Waals surface area contributed by atoms with Crippen molar-refractivity contribution in [3.63, 3.8) is 0 Å². The van der Waals surface area contributed by atoms with E-state index in [9.17, 15) is 13.6 Å². The number of hydrogen-bond acceptors (Lipinski definition) is 3. The number of hydrogen-bond donors (Lipinski definition) is 0. The monoisotopic (exact) mass is 288 g/mol. The lowest BCUT2D eigenvalue weighted by molar-refractivity contribution is 0.0994. The maximum atomic E-state index is 13.1. The third kappa shape index (κ3) is 2.88. The van der Waals surface area contributed by atoms with Crippen molar-refractivity contribution < 1.29 is 13.6 Å². The van der Waals surface area contributed by atoms with E-state index in [1.165, 1.54) is 6.07 Å². The number of thioether (sulfide) groups is 2. The molecule has 5 heteroatoms. The van der Waals surface area contributed by atoms with Gasteiger partial charge in [0.05, 0.1) is 5.25 Å². The molecule has 1 fully saturated rings. The fourth-order valence-electron chi connectivity index (χ4n) is 1.76. The first-order chi connectivity index (χ1) is 8.49. The Morgan fingerprint density at radius 2 is 1.94 bits per heavy atom. The minimum Gasteiger partial charge on any atom is -0.293 e. The molecule has 18 heavy (non-hydrogen) atoms. The van der Waals surface area contributed by atoms with Crippen molar-refractivity contribution in [3.05, 3.63) is 35.4 Å². The van der Waals surface area contributed by atoms with Gasteiger partial charge in [0.2, 0.25) is 0 Å². The molecular formula is C13H14F2OS2. The van der Waals surface area contributed by atoms with Crippen molar-refractivity contribution in [2.24, 2.45) is 0 Å². The zero-order chi connectivity index (χ0) is 13.3. The summed E-state index contributed by atoms with van der Waals surface area (Å²) in [5, 5.41) is 0.748. The van der Waals surface area contributed by atoms with Crippen LogP contribution < -0.4 is 0 Å². The summed E-state index contributed by atoms with van der Waals surface area (Å²) >= 11 is 3.38. The van der Waals surface area contributed by atoms with E-state index in [1.807, 2.05) is 0 Å². The molecule has 1 saturated heterocycles. The summed E-state index contributed by atoms with van der Waals surface area (Å²) in [4.78, 5) is 12.2. The van der Waals surface area contributed by atoms with Crippen molar-refractivity contribution in [1.82, 2.24) is 0 Å². The van der Waals surface area contributed by atoms with Crippen LogP contribution in [0.25, 0.3) is 0 Å². The van der Waals surface area contributed by atoms with Gasteiger partial charge in [0, 0.05) is 21.8 Å². The highest BCUT2D eigenvalue weighted by Crippen LogP contribution is 2.37. The third-order valence-electron chi connectivity index (χ3n) is 3.05. The van der Waals surface area contributed by atoms with E-state index >= 15 is 0 Å². The van der Waals surface area contributed by atoms with Crippen LogP contribution in [0.15, 0.2) is 18.2 Å². The SMILES string of the molecule is CC1SCC(C(=O)c2ccc(F)c(F)c2)SC1C. The van der Waals surface area contributed by atoms with Crippen molar-refractivity contribution >= 4 is 29.3 Å². The van der Waals surface area contributed by atoms with Crippen LogP contribution in [0.3, 0.4) is 0 Å². The molecule has 0 aliphatic carbocycles. The molecule has 1 aromatic rings. The van der Waals surface area contributed by atoms with Crippen LogP contribution in [0, 0.1) is 11.6 Å². The molecule has 0 aromatic heterocycles. The Morgan fingerprint density at radius 3 is 2.56 bits per heavy atom. The summed E-state index contributed by atoms with van der Waals surface area (Å²) in [6.07, 6.45) is 0. The number of benzene rings is 1. The molecule has 1 nitrogen and oxygen atoms in total. The zero-order valence-corrected chi connectivity index (χ0v) is 11.8. The van der Waals surface area contributed by atoms with Gasteiger partial charge in [-0.05, 0) is 18.2 Å². The fourth-order valence-corrected chi connectivity index (χ4v) is 4.63. The smallest absolute Gasteiger partial charge is 0.176 e. The minimum absolute atomic E-state index is 0.106. The molecule has 0 saturated carbocycles. The molecule has 3 unspecified atom stereocenters. The van der Waals surface area contributed by atoms with Crippen molar-refractivity contribution in [1.29, 1.82) is 0 Å². The van der Waals surface area contributed by atoms with Crippen molar-refractivity contribution in [3.8, 4) is 0 Å². The van der Waals surface area contributed by atoms with E-state index in [-0.39, 0.29) is 16.6 Å². The molecule has 3 atom stereocenters. The van der Waals surface area contributed by atoms with Gasteiger partial charge in [-0.2, -0.15) is 11.8 Å². The Hall–Kier alpha value is -0.550. The molecule has 98 valence electrons. The highest BCUT2D eigenvalue weighted by molar-refractivity contribution is 8.08. The van der Waals surface area contributed by atoms with Gasteiger partial charge in [-0.15, -0.1) is 11.8 Å². The molecule has 0 N–H and O–H groups in total. The molecule has 1 aliphatic rings. The van der Waals surface area contributed by atoms with Gasteiger partial charge >= 0.3 is 0 Å². The summed E-state index contributed by atoms with van der Waals surface area (Å²) in [7, 11) is 0. The first-order valence-electron chi connectivity index (χ1n) is 5.75. The van der Waals surface area contributed by atoms with Crippen molar-refractivity contribution in [2.75, 3.05) is 5.75 Å². The minimum atomic E-state index is -0.962. The molecule has 2 rings (SSSR count). The summed E-state index contributed by atoms with van der Waals surface area (Å²) in [6.45, 7) is 4.23. The van der Waals surface area contributed by atoms with E-state index in [2.05, 4.69) is 13.8 Å². The van der Waals surface area contributed by atoms with Crippen LogP contribution in [-0.2, 0) is 0 Å². The van der Waals surface area contributed by atoms with E-state index in [0.717, 1.165) is 17.9 Å². The van der Waals surface area contributed by atoms with Gasteiger partial charge in [0.15, 0.2) is 17.4 Å². The number of rotatable bonds is 2. The van der Waals surface area contributed by atoms with Gasteiger partial charge in [0.25, 0.3) is 0 Å². The summed E-state index contributed by atoms with van der Waals surface area (Å²) in [5.74, 6) is -1.26. The number of carbonyl (C=O) groups excluding carboxylic acids is 1. The van der Waals surface area contributed by atoms with Gasteiger partial charge in [-0.3, -0.25) is 4.79 Å². The van der Waals surface area contributed by atoms with E-state index in [0.29, 0.717) is 10.5 Å². The Kier molecular flexibility index (Phi) is 4.33. The second-order valence-corrected chi connectivity index (χ2v) is 7.36. The summed E-state index contributed by atoms with van der Waals surface area (Å²) in [5.41, 5.74) is 0.258. The quantitative estimate of drug-likeness (QED) is 0.771. The normalized spacial score (nSPS) is 28.1. The highest BCUT2D eigenvalue weighted by atomic mass is 32.2. The number of halogens is 2. The van der Waals surface area contributed by atoms with Crippen LogP contribution in [0.4, 0.5) is 8.78 Å². The molecule has 1 aliphatic heterocycles. The number of carbonyl (C=O) groups is 1. The van der Waals surface area contributed by atoms with Gasteiger partial charge in [-0.1, -0.05) is 13.8 Å². The second-order valence-electron chi connectivity index (χ2n) is 4.36. The zero-order valence-electron chi connectivity index (χ0n) is 10.2. The van der Waals surface area contributed by atoms with Crippen LogP contribution >= 0.6 is 23.5 Å². The van der Waals surface area contributed by atoms with Crippen LogP contribution in [-0.4, -0.2) is 27.3 Å². The van der Waals surface area contributed by atoms with Gasteiger partial charge in [0.1, 0.15) is 0 Å². The third-order valence-corrected chi connectivity index (χ3v) is 6.44.